The van der Waals surface area contributed by atoms with Crippen LogP contribution in [0.2, 0.25) is 5.02 Å². The number of amides is 1. The minimum absolute atomic E-state index is 0.0305. The Labute approximate surface area is 163 Å². The number of carbonyl (C=O) groups is 1. The fourth-order valence-electron chi connectivity index (χ4n) is 2.52. The van der Waals surface area contributed by atoms with Crippen molar-refractivity contribution in [1.29, 1.82) is 0 Å². The average Bonchev–Trinajstić information content (AvgIpc) is 2.65. The van der Waals surface area contributed by atoms with Crippen LogP contribution in [0, 0.1) is 0 Å². The first-order valence-electron chi connectivity index (χ1n) is 8.50. The molecule has 1 atom stereocenters. The summed E-state index contributed by atoms with van der Waals surface area (Å²) < 4.78 is 11.0. The molecule has 0 aromatic heterocycles. The number of thioether (sulfide) groups is 1. The lowest BCUT2D eigenvalue weighted by atomic mass is 10.2. The van der Waals surface area contributed by atoms with E-state index in [1.165, 1.54) is 0 Å². The number of para-hydroxylation sites is 2. The van der Waals surface area contributed by atoms with Gasteiger partial charge in [-0.15, -0.1) is 11.8 Å². The SMILES string of the molecule is CC(C)(SCc1ccccc1Cl)C(=O)NCC1COc2ccccc2O1. The molecule has 138 valence electrons. The van der Waals surface area contributed by atoms with E-state index in [0.29, 0.717) is 24.7 Å². The van der Waals surface area contributed by atoms with Crippen molar-refractivity contribution in [2.24, 2.45) is 0 Å². The van der Waals surface area contributed by atoms with Gasteiger partial charge in [-0.1, -0.05) is 41.9 Å². The van der Waals surface area contributed by atoms with Gasteiger partial charge >= 0.3 is 0 Å². The lowest BCUT2D eigenvalue weighted by Crippen LogP contribution is -2.46. The topological polar surface area (TPSA) is 47.6 Å². The van der Waals surface area contributed by atoms with Gasteiger partial charge in [0.25, 0.3) is 0 Å². The van der Waals surface area contributed by atoms with Crippen molar-refractivity contribution in [1.82, 2.24) is 5.32 Å². The zero-order chi connectivity index (χ0) is 18.6. The molecule has 1 aliphatic heterocycles. The number of nitrogens with one attached hydrogen (secondary N) is 1. The summed E-state index contributed by atoms with van der Waals surface area (Å²) >= 11 is 7.75. The van der Waals surface area contributed by atoms with Gasteiger partial charge in [-0.3, -0.25) is 4.79 Å². The second-order valence-corrected chi connectivity index (χ2v) is 8.60. The van der Waals surface area contributed by atoms with Gasteiger partial charge in [0, 0.05) is 10.8 Å². The highest BCUT2D eigenvalue weighted by atomic mass is 35.5. The maximum absolute atomic E-state index is 12.6. The Hall–Kier alpha value is -1.85. The highest BCUT2D eigenvalue weighted by molar-refractivity contribution is 8.00. The first kappa shape index (κ1) is 18.9. The molecule has 1 heterocycles. The summed E-state index contributed by atoms with van der Waals surface area (Å²) in [6, 6.07) is 15.2. The molecule has 1 aliphatic rings. The lowest BCUT2D eigenvalue weighted by molar-refractivity contribution is -0.123. The fraction of sp³-hybridized carbons (Fsp3) is 0.350. The number of ether oxygens (including phenoxy) is 2. The Kier molecular flexibility index (Phi) is 5.99. The third-order valence-corrected chi connectivity index (χ3v) is 5.88. The standard InChI is InChI=1S/C20H22ClNO3S/c1-20(2,26-13-14-7-3-4-8-16(14)21)19(23)22-11-15-12-24-17-9-5-6-10-18(17)25-15/h3-10,15H,11-13H2,1-2H3,(H,22,23). The van der Waals surface area contributed by atoms with Gasteiger partial charge in [-0.2, -0.15) is 0 Å². The van der Waals surface area contributed by atoms with E-state index >= 15 is 0 Å². The van der Waals surface area contributed by atoms with E-state index in [-0.39, 0.29) is 12.0 Å². The van der Waals surface area contributed by atoms with E-state index < -0.39 is 4.75 Å². The third kappa shape index (κ3) is 4.65. The summed E-state index contributed by atoms with van der Waals surface area (Å²) in [5.74, 6) is 2.10. The number of benzene rings is 2. The maximum Gasteiger partial charge on any atom is 0.235 e. The monoisotopic (exact) mass is 391 g/mol. The van der Waals surface area contributed by atoms with Crippen LogP contribution < -0.4 is 14.8 Å². The van der Waals surface area contributed by atoms with Gasteiger partial charge in [0.1, 0.15) is 12.7 Å². The van der Waals surface area contributed by atoms with E-state index in [2.05, 4.69) is 5.32 Å². The van der Waals surface area contributed by atoms with Crippen molar-refractivity contribution >= 4 is 29.3 Å². The summed E-state index contributed by atoms with van der Waals surface area (Å²) in [6.45, 7) is 4.66. The first-order chi connectivity index (χ1) is 12.5. The Morgan fingerprint density at radius 3 is 2.65 bits per heavy atom. The van der Waals surface area contributed by atoms with E-state index in [0.717, 1.165) is 16.3 Å². The maximum atomic E-state index is 12.6. The number of halogens is 1. The van der Waals surface area contributed by atoms with Crippen LogP contribution in [0.5, 0.6) is 11.5 Å². The normalized spacial score (nSPS) is 16.2. The summed E-state index contributed by atoms with van der Waals surface area (Å²) in [6.07, 6.45) is -0.196. The van der Waals surface area contributed by atoms with Crippen molar-refractivity contribution in [3.63, 3.8) is 0 Å². The van der Waals surface area contributed by atoms with Crippen molar-refractivity contribution < 1.29 is 14.3 Å². The van der Waals surface area contributed by atoms with Crippen LogP contribution in [-0.2, 0) is 10.5 Å². The van der Waals surface area contributed by atoms with Crippen molar-refractivity contribution in [3.05, 3.63) is 59.1 Å². The molecule has 2 aromatic rings. The van der Waals surface area contributed by atoms with Crippen LogP contribution in [0.4, 0.5) is 0 Å². The predicted octanol–water partition coefficient (Wildman–Crippen LogP) is 4.31. The Balaban J connectivity index is 1.50. The third-order valence-electron chi connectivity index (χ3n) is 4.15. The van der Waals surface area contributed by atoms with Crippen molar-refractivity contribution in [2.45, 2.75) is 30.5 Å². The molecule has 0 saturated carbocycles. The molecule has 0 fully saturated rings. The summed E-state index contributed by atoms with van der Waals surface area (Å²) in [5, 5.41) is 3.70. The molecular formula is C20H22ClNO3S. The molecule has 1 N–H and O–H groups in total. The average molecular weight is 392 g/mol. The number of hydrogen-bond donors (Lipinski definition) is 1. The molecule has 4 nitrogen and oxygen atoms in total. The minimum atomic E-state index is -0.577. The van der Waals surface area contributed by atoms with E-state index in [1.807, 2.05) is 62.4 Å². The Morgan fingerprint density at radius 2 is 1.88 bits per heavy atom. The molecule has 0 radical (unpaired) electrons. The van der Waals surface area contributed by atoms with Crippen LogP contribution >= 0.6 is 23.4 Å². The van der Waals surface area contributed by atoms with E-state index in [4.69, 9.17) is 21.1 Å². The van der Waals surface area contributed by atoms with E-state index in [1.54, 1.807) is 11.8 Å². The Morgan fingerprint density at radius 1 is 1.19 bits per heavy atom. The van der Waals surface area contributed by atoms with Crippen LogP contribution in [0.1, 0.15) is 19.4 Å². The second-order valence-electron chi connectivity index (χ2n) is 6.60. The predicted molar refractivity (Wildman–Crippen MR) is 106 cm³/mol. The van der Waals surface area contributed by atoms with Gasteiger partial charge in [0.15, 0.2) is 11.5 Å². The van der Waals surface area contributed by atoms with Gasteiger partial charge in [-0.05, 0) is 37.6 Å². The molecule has 6 heteroatoms. The van der Waals surface area contributed by atoms with Crippen molar-refractivity contribution in [2.75, 3.05) is 13.2 Å². The van der Waals surface area contributed by atoms with E-state index in [9.17, 15) is 4.79 Å². The van der Waals surface area contributed by atoms with Crippen molar-refractivity contribution in [3.8, 4) is 11.5 Å². The van der Waals surface area contributed by atoms with Gasteiger partial charge in [-0.25, -0.2) is 0 Å². The van der Waals surface area contributed by atoms with Crippen LogP contribution in [-0.4, -0.2) is 29.9 Å². The summed E-state index contributed by atoms with van der Waals surface area (Å²) in [7, 11) is 0. The van der Waals surface area contributed by atoms with Crippen LogP contribution in [0.15, 0.2) is 48.5 Å². The van der Waals surface area contributed by atoms with Crippen LogP contribution in [0.3, 0.4) is 0 Å². The number of rotatable bonds is 6. The largest absolute Gasteiger partial charge is 0.486 e. The molecule has 1 amide bonds. The summed E-state index contributed by atoms with van der Waals surface area (Å²) in [5.41, 5.74) is 1.03. The molecule has 3 rings (SSSR count). The zero-order valence-electron chi connectivity index (χ0n) is 14.8. The number of hydrogen-bond acceptors (Lipinski definition) is 4. The number of fused-ring (bicyclic) bond motifs is 1. The van der Waals surface area contributed by atoms with Gasteiger partial charge in [0.05, 0.1) is 11.3 Å². The number of carbonyl (C=O) groups excluding carboxylic acids is 1. The molecule has 26 heavy (non-hydrogen) atoms. The van der Waals surface area contributed by atoms with Gasteiger partial charge in [0.2, 0.25) is 5.91 Å². The molecule has 0 spiro atoms. The first-order valence-corrected chi connectivity index (χ1v) is 9.86. The fourth-order valence-corrected chi connectivity index (χ4v) is 3.78. The molecule has 1 unspecified atom stereocenters. The summed E-state index contributed by atoms with van der Waals surface area (Å²) in [4.78, 5) is 12.6. The smallest absolute Gasteiger partial charge is 0.235 e. The highest BCUT2D eigenvalue weighted by Gasteiger charge is 2.30. The lowest BCUT2D eigenvalue weighted by Gasteiger charge is -2.28. The van der Waals surface area contributed by atoms with Crippen LogP contribution in [0.25, 0.3) is 0 Å². The molecular weight excluding hydrogens is 370 g/mol. The Bertz CT molecular complexity index is 781. The molecule has 0 saturated heterocycles. The van der Waals surface area contributed by atoms with Gasteiger partial charge < -0.3 is 14.8 Å². The molecule has 0 bridgehead atoms. The highest BCUT2D eigenvalue weighted by Crippen LogP contribution is 2.32. The molecule has 2 aromatic carbocycles. The molecule has 0 aliphatic carbocycles. The zero-order valence-corrected chi connectivity index (χ0v) is 16.4. The quantitative estimate of drug-likeness (QED) is 0.797. The second kappa shape index (κ2) is 8.23. The minimum Gasteiger partial charge on any atom is -0.486 e.